The molecule has 1 aromatic rings. The lowest BCUT2D eigenvalue weighted by Crippen LogP contribution is -2.31. The van der Waals surface area contributed by atoms with E-state index in [0.717, 1.165) is 16.0 Å². The SMILES string of the molecule is COCCNC(=S)Nc1ccc(Br)c(C)n1. The second kappa shape index (κ2) is 6.78. The van der Waals surface area contributed by atoms with Crippen molar-refractivity contribution in [2.24, 2.45) is 0 Å². The van der Waals surface area contributed by atoms with Crippen molar-refractivity contribution < 1.29 is 4.74 Å². The molecule has 0 fully saturated rings. The molecule has 0 aliphatic heterocycles. The normalized spacial score (nSPS) is 9.94. The summed E-state index contributed by atoms with van der Waals surface area (Å²) in [5.41, 5.74) is 0.921. The fraction of sp³-hybridized carbons (Fsp3) is 0.400. The fourth-order valence-electron chi connectivity index (χ4n) is 1.04. The van der Waals surface area contributed by atoms with Crippen LogP contribution in [0.4, 0.5) is 5.82 Å². The molecule has 0 saturated heterocycles. The maximum atomic E-state index is 5.10. The molecule has 1 heterocycles. The van der Waals surface area contributed by atoms with Gasteiger partial charge in [0.25, 0.3) is 0 Å². The highest BCUT2D eigenvalue weighted by molar-refractivity contribution is 9.10. The summed E-state index contributed by atoms with van der Waals surface area (Å²) in [6.45, 7) is 3.23. The van der Waals surface area contributed by atoms with Gasteiger partial charge in [-0.1, -0.05) is 0 Å². The van der Waals surface area contributed by atoms with Crippen LogP contribution in [0.2, 0.25) is 0 Å². The molecule has 4 nitrogen and oxygen atoms in total. The first-order chi connectivity index (χ1) is 7.63. The Labute approximate surface area is 109 Å². The van der Waals surface area contributed by atoms with Crippen molar-refractivity contribution in [1.29, 1.82) is 0 Å². The fourth-order valence-corrected chi connectivity index (χ4v) is 1.47. The van der Waals surface area contributed by atoms with E-state index in [1.54, 1.807) is 7.11 Å². The molecule has 2 N–H and O–H groups in total. The second-order valence-corrected chi connectivity index (χ2v) is 4.40. The number of hydrogen-bond acceptors (Lipinski definition) is 3. The molecular formula is C10H14BrN3OS. The van der Waals surface area contributed by atoms with Crippen molar-refractivity contribution in [3.63, 3.8) is 0 Å². The van der Waals surface area contributed by atoms with Crippen LogP contribution in [0.1, 0.15) is 5.69 Å². The summed E-state index contributed by atoms with van der Waals surface area (Å²) >= 11 is 8.49. The van der Waals surface area contributed by atoms with E-state index in [-0.39, 0.29) is 0 Å². The van der Waals surface area contributed by atoms with Gasteiger partial charge in [-0.25, -0.2) is 4.98 Å². The van der Waals surface area contributed by atoms with E-state index in [4.69, 9.17) is 17.0 Å². The first kappa shape index (κ1) is 13.3. The molecule has 0 spiro atoms. The van der Waals surface area contributed by atoms with Gasteiger partial charge in [0.05, 0.1) is 12.3 Å². The third-order valence-corrected chi connectivity index (χ3v) is 2.94. The minimum atomic E-state index is 0.547. The minimum Gasteiger partial charge on any atom is -0.383 e. The van der Waals surface area contributed by atoms with Gasteiger partial charge in [0, 0.05) is 18.1 Å². The van der Waals surface area contributed by atoms with E-state index in [2.05, 4.69) is 31.5 Å². The highest BCUT2D eigenvalue weighted by atomic mass is 79.9. The van der Waals surface area contributed by atoms with E-state index >= 15 is 0 Å². The first-order valence-electron chi connectivity index (χ1n) is 4.80. The molecule has 16 heavy (non-hydrogen) atoms. The second-order valence-electron chi connectivity index (χ2n) is 3.14. The van der Waals surface area contributed by atoms with Crippen molar-refractivity contribution in [1.82, 2.24) is 10.3 Å². The van der Waals surface area contributed by atoms with Crippen molar-refractivity contribution in [2.75, 3.05) is 25.6 Å². The van der Waals surface area contributed by atoms with Crippen LogP contribution in [0.5, 0.6) is 0 Å². The zero-order chi connectivity index (χ0) is 12.0. The van der Waals surface area contributed by atoms with E-state index in [0.29, 0.717) is 18.3 Å². The first-order valence-corrected chi connectivity index (χ1v) is 6.00. The standard InChI is InChI=1S/C10H14BrN3OS/c1-7-8(11)3-4-9(13-7)14-10(16)12-5-6-15-2/h3-4H,5-6H2,1-2H3,(H2,12,13,14,16). The molecule has 0 aliphatic rings. The Morgan fingerprint density at radius 1 is 1.56 bits per heavy atom. The summed E-state index contributed by atoms with van der Waals surface area (Å²) in [4.78, 5) is 4.32. The maximum Gasteiger partial charge on any atom is 0.172 e. The number of hydrogen-bond donors (Lipinski definition) is 2. The minimum absolute atomic E-state index is 0.547. The van der Waals surface area contributed by atoms with E-state index in [1.165, 1.54) is 0 Å². The Kier molecular flexibility index (Phi) is 5.65. The number of rotatable bonds is 4. The van der Waals surface area contributed by atoms with E-state index < -0.39 is 0 Å². The third-order valence-electron chi connectivity index (χ3n) is 1.85. The summed E-state index contributed by atoms with van der Waals surface area (Å²) in [6, 6.07) is 3.80. The number of anilines is 1. The molecule has 1 aromatic heterocycles. The van der Waals surface area contributed by atoms with Crippen LogP contribution < -0.4 is 10.6 Å². The number of aryl methyl sites for hydroxylation is 1. The van der Waals surface area contributed by atoms with Gasteiger partial charge in [-0.05, 0) is 47.2 Å². The summed E-state index contributed by atoms with van der Waals surface area (Å²) in [7, 11) is 1.65. The highest BCUT2D eigenvalue weighted by Crippen LogP contribution is 2.15. The van der Waals surface area contributed by atoms with Gasteiger partial charge < -0.3 is 15.4 Å². The molecule has 88 valence electrons. The number of nitrogens with one attached hydrogen (secondary N) is 2. The number of halogens is 1. The van der Waals surface area contributed by atoms with Crippen molar-refractivity contribution in [3.8, 4) is 0 Å². The number of ether oxygens (including phenoxy) is 1. The molecule has 0 unspecified atom stereocenters. The molecule has 6 heteroatoms. The van der Waals surface area contributed by atoms with Gasteiger partial charge >= 0.3 is 0 Å². The largest absolute Gasteiger partial charge is 0.383 e. The molecule has 0 amide bonds. The smallest absolute Gasteiger partial charge is 0.172 e. The zero-order valence-electron chi connectivity index (χ0n) is 9.21. The molecule has 0 aromatic carbocycles. The van der Waals surface area contributed by atoms with Gasteiger partial charge in [0.1, 0.15) is 5.82 Å². The van der Waals surface area contributed by atoms with Gasteiger partial charge in [0.2, 0.25) is 0 Å². The van der Waals surface area contributed by atoms with Crippen LogP contribution in [-0.2, 0) is 4.74 Å². The molecule has 0 saturated carbocycles. The predicted octanol–water partition coefficient (Wildman–Crippen LogP) is 2.09. The molecule has 0 atom stereocenters. The molecule has 1 rings (SSSR count). The Balaban J connectivity index is 2.46. The Hall–Kier alpha value is -0.720. The van der Waals surface area contributed by atoms with Crippen LogP contribution in [0.25, 0.3) is 0 Å². The topological polar surface area (TPSA) is 46.2 Å². The van der Waals surface area contributed by atoms with Gasteiger partial charge in [-0.3, -0.25) is 0 Å². The predicted molar refractivity (Wildman–Crippen MR) is 72.8 cm³/mol. The van der Waals surface area contributed by atoms with Gasteiger partial charge in [-0.2, -0.15) is 0 Å². The van der Waals surface area contributed by atoms with E-state index in [1.807, 2.05) is 19.1 Å². The van der Waals surface area contributed by atoms with Crippen LogP contribution in [0, 0.1) is 6.92 Å². The Morgan fingerprint density at radius 3 is 2.94 bits per heavy atom. The average molecular weight is 304 g/mol. The average Bonchev–Trinajstić information content (AvgIpc) is 2.24. The number of methoxy groups -OCH3 is 1. The monoisotopic (exact) mass is 303 g/mol. The van der Waals surface area contributed by atoms with Crippen LogP contribution in [0.15, 0.2) is 16.6 Å². The summed E-state index contributed by atoms with van der Waals surface area (Å²) < 4.78 is 5.89. The van der Waals surface area contributed by atoms with Gasteiger partial charge in [0.15, 0.2) is 5.11 Å². The molecule has 0 aliphatic carbocycles. The van der Waals surface area contributed by atoms with Gasteiger partial charge in [-0.15, -0.1) is 0 Å². The number of nitrogens with zero attached hydrogens (tertiary/aromatic N) is 1. The molecule has 0 bridgehead atoms. The lowest BCUT2D eigenvalue weighted by Gasteiger charge is -2.10. The number of thiocarbonyl (C=S) groups is 1. The zero-order valence-corrected chi connectivity index (χ0v) is 11.6. The van der Waals surface area contributed by atoms with Crippen LogP contribution >= 0.6 is 28.1 Å². The van der Waals surface area contributed by atoms with Crippen LogP contribution in [0.3, 0.4) is 0 Å². The lowest BCUT2D eigenvalue weighted by molar-refractivity contribution is 0.204. The third kappa shape index (κ3) is 4.42. The van der Waals surface area contributed by atoms with Crippen molar-refractivity contribution in [3.05, 3.63) is 22.3 Å². The maximum absolute atomic E-state index is 5.10. The quantitative estimate of drug-likeness (QED) is 0.659. The number of pyridine rings is 1. The molecule has 0 radical (unpaired) electrons. The van der Waals surface area contributed by atoms with Crippen LogP contribution in [-0.4, -0.2) is 30.4 Å². The summed E-state index contributed by atoms with van der Waals surface area (Å²) in [6.07, 6.45) is 0. The number of aromatic nitrogens is 1. The van der Waals surface area contributed by atoms with Crippen molar-refractivity contribution in [2.45, 2.75) is 6.92 Å². The van der Waals surface area contributed by atoms with Crippen molar-refractivity contribution >= 4 is 39.1 Å². The summed E-state index contributed by atoms with van der Waals surface area (Å²) in [5, 5.41) is 6.56. The molecular weight excluding hydrogens is 290 g/mol. The highest BCUT2D eigenvalue weighted by Gasteiger charge is 2.00. The Bertz CT molecular complexity index is 373. The summed E-state index contributed by atoms with van der Waals surface area (Å²) in [5.74, 6) is 0.732. The van der Waals surface area contributed by atoms with E-state index in [9.17, 15) is 0 Å². The Morgan fingerprint density at radius 2 is 2.31 bits per heavy atom. The lowest BCUT2D eigenvalue weighted by atomic mass is 10.4.